The van der Waals surface area contributed by atoms with Crippen molar-refractivity contribution in [2.24, 2.45) is 5.92 Å². The van der Waals surface area contributed by atoms with Crippen molar-refractivity contribution in [3.63, 3.8) is 0 Å². The molecule has 3 heteroatoms. The molecule has 0 amide bonds. The maximum absolute atomic E-state index is 11.5. The molecule has 88 valence electrons. The Bertz CT molecular complexity index is 509. The van der Waals surface area contributed by atoms with Gasteiger partial charge in [-0.3, -0.25) is 4.79 Å². The van der Waals surface area contributed by atoms with Crippen molar-refractivity contribution >= 4 is 23.1 Å². The molecular weight excluding hydrogens is 234 g/mol. The molecule has 1 aromatic carbocycles. The second-order valence-corrected chi connectivity index (χ2v) is 5.35. The van der Waals surface area contributed by atoms with Crippen LogP contribution in [0.1, 0.15) is 18.9 Å². The third-order valence-electron chi connectivity index (χ3n) is 3.71. The maximum Gasteiger partial charge on any atom is 0.159 e. The van der Waals surface area contributed by atoms with E-state index in [0.717, 1.165) is 11.4 Å². The van der Waals surface area contributed by atoms with Gasteiger partial charge in [0.1, 0.15) is 0 Å². The molecule has 0 saturated heterocycles. The van der Waals surface area contributed by atoms with Crippen molar-refractivity contribution in [1.82, 2.24) is 0 Å². The highest BCUT2D eigenvalue weighted by Gasteiger charge is 2.33. The molecule has 2 aliphatic rings. The van der Waals surface area contributed by atoms with Crippen LogP contribution >= 0.6 is 11.6 Å². The lowest BCUT2D eigenvalue weighted by Gasteiger charge is -2.42. The third-order valence-corrected chi connectivity index (χ3v) is 3.94. The number of hydrogen-bond donors (Lipinski definition) is 0. The van der Waals surface area contributed by atoms with Gasteiger partial charge in [0.15, 0.2) is 5.78 Å². The molecule has 2 aliphatic heterocycles. The van der Waals surface area contributed by atoms with E-state index in [9.17, 15) is 4.79 Å². The lowest BCUT2D eigenvalue weighted by molar-refractivity contribution is -0.115. The van der Waals surface area contributed by atoms with Crippen LogP contribution in [0.3, 0.4) is 0 Å². The first kappa shape index (κ1) is 10.8. The predicted octanol–water partition coefficient (Wildman–Crippen LogP) is 3.19. The summed E-state index contributed by atoms with van der Waals surface area (Å²) < 4.78 is 0. The van der Waals surface area contributed by atoms with E-state index in [4.69, 9.17) is 11.6 Å². The number of halogens is 1. The Kier molecular flexibility index (Phi) is 2.48. The SMILES string of the molecule is C[C@H]1Cc2cc(Cl)ccc2N2C=CC(=O)CC12. The molecule has 0 bridgehead atoms. The number of allylic oxidation sites excluding steroid dienone is 1. The van der Waals surface area contributed by atoms with Crippen LogP contribution in [0.4, 0.5) is 5.69 Å². The zero-order chi connectivity index (χ0) is 12.0. The fourth-order valence-electron chi connectivity index (χ4n) is 2.83. The minimum Gasteiger partial charge on any atom is -0.344 e. The quantitative estimate of drug-likeness (QED) is 0.702. The summed E-state index contributed by atoms with van der Waals surface area (Å²) in [7, 11) is 0. The second-order valence-electron chi connectivity index (χ2n) is 4.92. The van der Waals surface area contributed by atoms with Crippen molar-refractivity contribution in [1.29, 1.82) is 0 Å². The molecule has 2 atom stereocenters. The molecule has 3 rings (SSSR count). The highest BCUT2D eigenvalue weighted by Crippen LogP contribution is 2.38. The summed E-state index contributed by atoms with van der Waals surface area (Å²) in [6.45, 7) is 2.20. The Hall–Kier alpha value is -1.28. The highest BCUT2D eigenvalue weighted by atomic mass is 35.5. The van der Waals surface area contributed by atoms with E-state index in [0.29, 0.717) is 18.4 Å². The molecule has 2 heterocycles. The fourth-order valence-corrected chi connectivity index (χ4v) is 3.03. The van der Waals surface area contributed by atoms with Crippen molar-refractivity contribution in [2.75, 3.05) is 4.90 Å². The Labute approximate surface area is 106 Å². The number of ketones is 1. The van der Waals surface area contributed by atoms with Crippen LogP contribution in [0.15, 0.2) is 30.5 Å². The van der Waals surface area contributed by atoms with Gasteiger partial charge in [0, 0.05) is 29.4 Å². The van der Waals surface area contributed by atoms with Gasteiger partial charge in [0.05, 0.1) is 0 Å². The molecular formula is C14H14ClNO. The molecule has 0 aromatic heterocycles. The van der Waals surface area contributed by atoms with E-state index < -0.39 is 0 Å². The van der Waals surface area contributed by atoms with Gasteiger partial charge >= 0.3 is 0 Å². The average molecular weight is 248 g/mol. The number of nitrogens with zero attached hydrogens (tertiary/aromatic N) is 1. The molecule has 0 N–H and O–H groups in total. The molecule has 0 radical (unpaired) electrons. The summed E-state index contributed by atoms with van der Waals surface area (Å²) in [6.07, 6.45) is 5.21. The van der Waals surface area contributed by atoms with Gasteiger partial charge in [0.2, 0.25) is 0 Å². The van der Waals surface area contributed by atoms with E-state index in [1.165, 1.54) is 11.3 Å². The Morgan fingerprint density at radius 2 is 2.18 bits per heavy atom. The lowest BCUT2D eigenvalue weighted by Crippen LogP contribution is -2.44. The van der Waals surface area contributed by atoms with Gasteiger partial charge in [-0.25, -0.2) is 0 Å². The molecule has 1 unspecified atom stereocenters. The number of rotatable bonds is 0. The minimum absolute atomic E-state index is 0.232. The van der Waals surface area contributed by atoms with Crippen LogP contribution in [0.2, 0.25) is 5.02 Å². The van der Waals surface area contributed by atoms with Crippen LogP contribution in [-0.4, -0.2) is 11.8 Å². The maximum atomic E-state index is 11.5. The van der Waals surface area contributed by atoms with Gasteiger partial charge in [0.25, 0.3) is 0 Å². The van der Waals surface area contributed by atoms with Crippen LogP contribution in [0.25, 0.3) is 0 Å². The normalized spacial score (nSPS) is 26.7. The first-order valence-corrected chi connectivity index (χ1v) is 6.31. The van der Waals surface area contributed by atoms with Crippen LogP contribution in [0.5, 0.6) is 0 Å². The van der Waals surface area contributed by atoms with Crippen molar-refractivity contribution in [2.45, 2.75) is 25.8 Å². The van der Waals surface area contributed by atoms with Gasteiger partial charge in [-0.1, -0.05) is 18.5 Å². The number of benzene rings is 1. The fraction of sp³-hybridized carbons (Fsp3) is 0.357. The van der Waals surface area contributed by atoms with Gasteiger partial charge in [-0.05, 0) is 42.2 Å². The van der Waals surface area contributed by atoms with Crippen molar-refractivity contribution in [3.8, 4) is 0 Å². The first-order chi connectivity index (χ1) is 8.15. The number of carbonyl (C=O) groups excluding carboxylic acids is 1. The molecule has 17 heavy (non-hydrogen) atoms. The summed E-state index contributed by atoms with van der Waals surface area (Å²) in [6, 6.07) is 6.31. The summed E-state index contributed by atoms with van der Waals surface area (Å²) in [4.78, 5) is 13.7. The number of fused-ring (bicyclic) bond motifs is 3. The van der Waals surface area contributed by atoms with Crippen LogP contribution in [0, 0.1) is 5.92 Å². The monoisotopic (exact) mass is 247 g/mol. The van der Waals surface area contributed by atoms with E-state index in [-0.39, 0.29) is 5.78 Å². The summed E-state index contributed by atoms with van der Waals surface area (Å²) in [5.41, 5.74) is 2.47. The average Bonchev–Trinajstić information content (AvgIpc) is 2.29. The molecule has 0 aliphatic carbocycles. The minimum atomic E-state index is 0.232. The van der Waals surface area contributed by atoms with E-state index in [1.54, 1.807) is 6.08 Å². The standard InChI is InChI=1S/C14H14ClNO/c1-9-6-10-7-11(15)2-3-13(10)16-5-4-12(17)8-14(9)16/h2-5,7,9,14H,6,8H2,1H3/t9-,14?/m0/s1. The molecule has 2 nitrogen and oxygen atoms in total. The first-order valence-electron chi connectivity index (χ1n) is 5.93. The summed E-state index contributed by atoms with van der Waals surface area (Å²) >= 11 is 6.03. The Balaban J connectivity index is 2.09. The molecule has 0 fully saturated rings. The van der Waals surface area contributed by atoms with Crippen molar-refractivity contribution in [3.05, 3.63) is 41.1 Å². The summed E-state index contributed by atoms with van der Waals surface area (Å²) in [5.74, 6) is 0.713. The highest BCUT2D eigenvalue weighted by molar-refractivity contribution is 6.30. The number of anilines is 1. The van der Waals surface area contributed by atoms with E-state index in [2.05, 4.69) is 17.9 Å². The molecule has 1 aromatic rings. The van der Waals surface area contributed by atoms with Gasteiger partial charge < -0.3 is 4.90 Å². The van der Waals surface area contributed by atoms with Gasteiger partial charge in [-0.2, -0.15) is 0 Å². The van der Waals surface area contributed by atoms with Gasteiger partial charge in [-0.15, -0.1) is 0 Å². The summed E-state index contributed by atoms with van der Waals surface area (Å²) in [5, 5.41) is 0.784. The predicted molar refractivity (Wildman–Crippen MR) is 69.4 cm³/mol. The second kappa shape index (κ2) is 3.88. The molecule has 0 spiro atoms. The number of carbonyl (C=O) groups is 1. The lowest BCUT2D eigenvalue weighted by atomic mass is 9.83. The molecule has 0 saturated carbocycles. The van der Waals surface area contributed by atoms with Crippen LogP contribution < -0.4 is 4.90 Å². The zero-order valence-electron chi connectivity index (χ0n) is 9.69. The zero-order valence-corrected chi connectivity index (χ0v) is 10.4. The largest absolute Gasteiger partial charge is 0.344 e. The number of hydrogen-bond acceptors (Lipinski definition) is 2. The van der Waals surface area contributed by atoms with E-state index in [1.807, 2.05) is 18.3 Å². The Morgan fingerprint density at radius 1 is 1.35 bits per heavy atom. The smallest absolute Gasteiger partial charge is 0.159 e. The van der Waals surface area contributed by atoms with Crippen LogP contribution in [-0.2, 0) is 11.2 Å². The topological polar surface area (TPSA) is 20.3 Å². The van der Waals surface area contributed by atoms with Crippen molar-refractivity contribution < 1.29 is 4.79 Å². The third kappa shape index (κ3) is 1.77. The van der Waals surface area contributed by atoms with E-state index >= 15 is 0 Å². The Morgan fingerprint density at radius 3 is 3.00 bits per heavy atom.